The van der Waals surface area contributed by atoms with Gasteiger partial charge in [-0.25, -0.2) is 13.2 Å². The molecule has 0 aliphatic heterocycles. The number of carbonyl (C=O) groups excluding carboxylic acids is 1. The van der Waals surface area contributed by atoms with Crippen LogP contribution in [0, 0.1) is 34.2 Å². The van der Waals surface area contributed by atoms with Crippen LogP contribution in [-0.2, 0) is 4.79 Å². The Morgan fingerprint density at radius 2 is 1.76 bits per heavy atom. The van der Waals surface area contributed by atoms with Crippen molar-refractivity contribution in [2.75, 3.05) is 5.32 Å². The SMILES string of the molecule is CC1(C)CC(=O)C(C#N)=C(Nc2cc(F)c(F)c(F)c2)C1. The van der Waals surface area contributed by atoms with Gasteiger partial charge in [0.15, 0.2) is 23.2 Å². The van der Waals surface area contributed by atoms with Crippen molar-refractivity contribution < 1.29 is 18.0 Å². The number of hydrogen-bond donors (Lipinski definition) is 1. The minimum Gasteiger partial charge on any atom is -0.358 e. The van der Waals surface area contributed by atoms with E-state index in [1.54, 1.807) is 0 Å². The number of halogens is 3. The molecule has 21 heavy (non-hydrogen) atoms. The molecule has 1 aromatic carbocycles. The van der Waals surface area contributed by atoms with E-state index in [0.29, 0.717) is 12.1 Å². The molecular formula is C15H13F3N2O. The summed E-state index contributed by atoms with van der Waals surface area (Å²) in [6.07, 6.45) is 0.607. The van der Waals surface area contributed by atoms with Crippen LogP contribution < -0.4 is 5.32 Å². The van der Waals surface area contributed by atoms with E-state index in [1.165, 1.54) is 0 Å². The highest BCUT2D eigenvalue weighted by molar-refractivity contribution is 6.01. The Balaban J connectivity index is 2.41. The van der Waals surface area contributed by atoms with Gasteiger partial charge in [-0.05, 0) is 11.8 Å². The van der Waals surface area contributed by atoms with Crippen LogP contribution in [0.5, 0.6) is 0 Å². The number of nitrogens with zero attached hydrogens (tertiary/aromatic N) is 1. The molecule has 0 radical (unpaired) electrons. The smallest absolute Gasteiger partial charge is 0.194 e. The fraction of sp³-hybridized carbons (Fsp3) is 0.333. The summed E-state index contributed by atoms with van der Waals surface area (Å²) in [6, 6.07) is 3.38. The fourth-order valence-corrected chi connectivity index (χ4v) is 2.36. The van der Waals surface area contributed by atoms with Gasteiger partial charge in [-0.3, -0.25) is 4.79 Å². The molecule has 2 rings (SSSR count). The highest BCUT2D eigenvalue weighted by Crippen LogP contribution is 2.37. The number of nitrogens with one attached hydrogen (secondary N) is 1. The Kier molecular flexibility index (Phi) is 3.77. The molecule has 0 fully saturated rings. The predicted octanol–water partition coefficient (Wildman–Crippen LogP) is 3.68. The van der Waals surface area contributed by atoms with Gasteiger partial charge in [-0.2, -0.15) is 5.26 Å². The topological polar surface area (TPSA) is 52.9 Å². The van der Waals surface area contributed by atoms with Crippen LogP contribution in [0.25, 0.3) is 0 Å². The van der Waals surface area contributed by atoms with E-state index in [2.05, 4.69) is 5.32 Å². The minimum absolute atomic E-state index is 0.0420. The third-order valence-electron chi connectivity index (χ3n) is 3.27. The van der Waals surface area contributed by atoms with Crippen molar-refractivity contribution in [2.24, 2.45) is 5.41 Å². The number of Topliss-reactive ketones (excluding diaryl/α,β-unsaturated/α-hetero) is 1. The van der Waals surface area contributed by atoms with Gasteiger partial charge < -0.3 is 5.32 Å². The first kappa shape index (κ1) is 15.1. The Hall–Kier alpha value is -2.29. The van der Waals surface area contributed by atoms with Crippen LogP contribution in [0.3, 0.4) is 0 Å². The Morgan fingerprint density at radius 3 is 2.29 bits per heavy atom. The van der Waals surface area contributed by atoms with E-state index in [0.717, 1.165) is 12.1 Å². The summed E-state index contributed by atoms with van der Waals surface area (Å²) in [6.45, 7) is 3.71. The van der Waals surface area contributed by atoms with E-state index >= 15 is 0 Å². The molecule has 1 N–H and O–H groups in total. The maximum atomic E-state index is 13.2. The van der Waals surface area contributed by atoms with E-state index in [1.807, 2.05) is 19.9 Å². The summed E-state index contributed by atoms with van der Waals surface area (Å²) >= 11 is 0. The van der Waals surface area contributed by atoms with Crippen molar-refractivity contribution in [3.63, 3.8) is 0 Å². The van der Waals surface area contributed by atoms with Gasteiger partial charge in [-0.1, -0.05) is 13.8 Å². The monoisotopic (exact) mass is 294 g/mol. The number of allylic oxidation sites excluding steroid dienone is 2. The number of rotatable bonds is 2. The normalized spacial score (nSPS) is 17.6. The van der Waals surface area contributed by atoms with Crippen molar-refractivity contribution in [3.05, 3.63) is 40.9 Å². The second kappa shape index (κ2) is 5.24. The molecule has 110 valence electrons. The van der Waals surface area contributed by atoms with Gasteiger partial charge in [0.1, 0.15) is 11.6 Å². The number of benzene rings is 1. The number of anilines is 1. The molecule has 0 saturated carbocycles. The first-order chi connectivity index (χ1) is 9.73. The van der Waals surface area contributed by atoms with Crippen molar-refractivity contribution in [1.29, 1.82) is 5.26 Å². The lowest BCUT2D eigenvalue weighted by molar-refractivity contribution is -0.117. The molecule has 0 heterocycles. The summed E-state index contributed by atoms with van der Waals surface area (Å²) in [5.74, 6) is -4.55. The van der Waals surface area contributed by atoms with E-state index in [4.69, 9.17) is 5.26 Å². The van der Waals surface area contributed by atoms with E-state index < -0.39 is 17.5 Å². The summed E-state index contributed by atoms with van der Waals surface area (Å²) in [4.78, 5) is 11.9. The van der Waals surface area contributed by atoms with E-state index in [9.17, 15) is 18.0 Å². The zero-order chi connectivity index (χ0) is 15.8. The molecule has 0 aromatic heterocycles. The largest absolute Gasteiger partial charge is 0.358 e. The molecule has 0 saturated heterocycles. The maximum Gasteiger partial charge on any atom is 0.194 e. The van der Waals surface area contributed by atoms with Crippen molar-refractivity contribution >= 4 is 11.5 Å². The maximum absolute atomic E-state index is 13.2. The van der Waals surface area contributed by atoms with Crippen molar-refractivity contribution in [1.82, 2.24) is 0 Å². The third-order valence-corrected chi connectivity index (χ3v) is 3.27. The standard InChI is InChI=1S/C15H13F3N2O/c1-15(2)5-12(9(7-19)13(21)6-15)20-8-3-10(16)14(18)11(17)4-8/h3-4,20H,5-6H2,1-2H3. The second-order valence-corrected chi connectivity index (χ2v) is 5.79. The van der Waals surface area contributed by atoms with Crippen LogP contribution in [0.1, 0.15) is 26.7 Å². The quantitative estimate of drug-likeness (QED) is 0.846. The predicted molar refractivity (Wildman–Crippen MR) is 70.6 cm³/mol. The lowest BCUT2D eigenvalue weighted by Crippen LogP contribution is -2.28. The Labute approximate surface area is 120 Å². The molecule has 0 amide bonds. The molecule has 1 aliphatic carbocycles. The Bertz CT molecular complexity index is 664. The molecule has 6 heteroatoms. The molecule has 1 aliphatic rings. The highest BCUT2D eigenvalue weighted by Gasteiger charge is 2.33. The lowest BCUT2D eigenvalue weighted by Gasteiger charge is -2.30. The lowest BCUT2D eigenvalue weighted by atomic mass is 9.76. The highest BCUT2D eigenvalue weighted by atomic mass is 19.2. The molecule has 0 bridgehead atoms. The van der Waals surface area contributed by atoms with E-state index in [-0.39, 0.29) is 28.9 Å². The average Bonchev–Trinajstić information content (AvgIpc) is 2.34. The molecule has 3 nitrogen and oxygen atoms in total. The second-order valence-electron chi connectivity index (χ2n) is 5.79. The first-order valence-corrected chi connectivity index (χ1v) is 6.31. The Morgan fingerprint density at radius 1 is 1.19 bits per heavy atom. The van der Waals surface area contributed by atoms with Crippen LogP contribution in [-0.4, -0.2) is 5.78 Å². The zero-order valence-electron chi connectivity index (χ0n) is 11.6. The molecule has 0 unspecified atom stereocenters. The molecule has 0 atom stereocenters. The van der Waals surface area contributed by atoms with Gasteiger partial charge in [-0.15, -0.1) is 0 Å². The number of ketones is 1. The number of carbonyl (C=O) groups is 1. The van der Waals surface area contributed by atoms with Gasteiger partial charge in [0.05, 0.1) is 0 Å². The summed E-state index contributed by atoms with van der Waals surface area (Å²) in [7, 11) is 0. The summed E-state index contributed by atoms with van der Waals surface area (Å²) < 4.78 is 39.3. The van der Waals surface area contributed by atoms with Gasteiger partial charge in [0.2, 0.25) is 0 Å². The van der Waals surface area contributed by atoms with Gasteiger partial charge in [0, 0.05) is 29.9 Å². The van der Waals surface area contributed by atoms with Gasteiger partial charge >= 0.3 is 0 Å². The minimum atomic E-state index is -1.56. The first-order valence-electron chi connectivity index (χ1n) is 6.31. The number of hydrogen-bond acceptors (Lipinski definition) is 3. The molecule has 1 aromatic rings. The average molecular weight is 294 g/mol. The molecule has 0 spiro atoms. The number of nitriles is 1. The third kappa shape index (κ3) is 3.07. The summed E-state index contributed by atoms with van der Waals surface area (Å²) in [5, 5.41) is 11.7. The van der Waals surface area contributed by atoms with Crippen molar-refractivity contribution in [2.45, 2.75) is 26.7 Å². The van der Waals surface area contributed by atoms with Crippen LogP contribution in [0.15, 0.2) is 23.4 Å². The van der Waals surface area contributed by atoms with Gasteiger partial charge in [0.25, 0.3) is 0 Å². The van der Waals surface area contributed by atoms with Crippen LogP contribution in [0.2, 0.25) is 0 Å². The van der Waals surface area contributed by atoms with Crippen LogP contribution in [0.4, 0.5) is 18.9 Å². The zero-order valence-corrected chi connectivity index (χ0v) is 11.6. The fourth-order valence-electron chi connectivity index (χ4n) is 2.36. The van der Waals surface area contributed by atoms with Crippen LogP contribution >= 0.6 is 0 Å². The summed E-state index contributed by atoms with van der Waals surface area (Å²) in [5.41, 5.74) is -0.167. The molecular weight excluding hydrogens is 281 g/mol. The van der Waals surface area contributed by atoms with Crippen molar-refractivity contribution in [3.8, 4) is 6.07 Å².